The smallest absolute Gasteiger partial charge is 0.252 e. The number of hydrogen-bond acceptors (Lipinski definition) is 4. The molecule has 0 spiro atoms. The summed E-state index contributed by atoms with van der Waals surface area (Å²) in [6.45, 7) is 4.52. The highest BCUT2D eigenvalue weighted by molar-refractivity contribution is 5.93. The molecule has 1 amide bonds. The van der Waals surface area contributed by atoms with Gasteiger partial charge in [-0.1, -0.05) is 6.42 Å². The molecule has 0 radical (unpaired) electrons. The number of aliphatic hydroxyl groups excluding tert-OH is 1. The van der Waals surface area contributed by atoms with Crippen LogP contribution in [0.15, 0.2) is 24.4 Å². The Morgan fingerprint density at radius 2 is 2.21 bits per heavy atom. The van der Waals surface area contributed by atoms with Crippen molar-refractivity contribution in [3.8, 4) is 5.82 Å². The molecule has 0 aliphatic heterocycles. The molecule has 1 aliphatic rings. The zero-order chi connectivity index (χ0) is 17.1. The first kappa shape index (κ1) is 16.6. The summed E-state index contributed by atoms with van der Waals surface area (Å²) in [5.74, 6) is 0.940. The van der Waals surface area contributed by atoms with Crippen molar-refractivity contribution in [1.29, 1.82) is 0 Å². The molecular weight excluding hydrogens is 304 g/mol. The van der Waals surface area contributed by atoms with Gasteiger partial charge >= 0.3 is 0 Å². The fourth-order valence-electron chi connectivity index (χ4n) is 3.29. The van der Waals surface area contributed by atoms with Gasteiger partial charge in [0.2, 0.25) is 0 Å². The molecule has 2 N–H and O–H groups in total. The largest absolute Gasteiger partial charge is 0.393 e. The third-order valence-electron chi connectivity index (χ3n) is 4.54. The fraction of sp³-hybridized carbons (Fsp3) is 0.500. The Kier molecular flexibility index (Phi) is 4.94. The molecule has 6 heteroatoms. The van der Waals surface area contributed by atoms with Gasteiger partial charge in [-0.3, -0.25) is 4.79 Å². The van der Waals surface area contributed by atoms with Gasteiger partial charge in [0.1, 0.15) is 0 Å². The molecule has 6 nitrogen and oxygen atoms in total. The van der Waals surface area contributed by atoms with Crippen LogP contribution in [0.2, 0.25) is 0 Å². The van der Waals surface area contributed by atoms with E-state index in [0.717, 1.165) is 37.1 Å². The average molecular weight is 328 g/mol. The van der Waals surface area contributed by atoms with Crippen molar-refractivity contribution < 1.29 is 9.90 Å². The quantitative estimate of drug-likeness (QED) is 0.901. The van der Waals surface area contributed by atoms with Gasteiger partial charge in [-0.15, -0.1) is 0 Å². The van der Waals surface area contributed by atoms with Gasteiger partial charge in [-0.05, 0) is 57.2 Å². The lowest BCUT2D eigenvalue weighted by atomic mass is 9.87. The maximum absolute atomic E-state index is 12.3. The second-order valence-electron chi connectivity index (χ2n) is 6.64. The number of aryl methyl sites for hydroxylation is 2. The summed E-state index contributed by atoms with van der Waals surface area (Å²) in [5, 5.41) is 17.0. The van der Waals surface area contributed by atoms with E-state index in [1.165, 1.54) is 0 Å². The first-order chi connectivity index (χ1) is 11.5. The lowest BCUT2D eigenvalue weighted by Gasteiger charge is -2.25. The third-order valence-corrected chi connectivity index (χ3v) is 4.54. The summed E-state index contributed by atoms with van der Waals surface area (Å²) >= 11 is 0. The minimum Gasteiger partial charge on any atom is -0.393 e. The number of carbonyl (C=O) groups is 1. The second kappa shape index (κ2) is 7.13. The zero-order valence-corrected chi connectivity index (χ0v) is 14.2. The number of aliphatic hydroxyl groups is 1. The van der Waals surface area contributed by atoms with Gasteiger partial charge in [-0.2, -0.15) is 5.10 Å². The average Bonchev–Trinajstić information content (AvgIpc) is 2.91. The van der Waals surface area contributed by atoms with Crippen LogP contribution < -0.4 is 5.32 Å². The van der Waals surface area contributed by atoms with Crippen molar-refractivity contribution in [2.75, 3.05) is 6.54 Å². The maximum Gasteiger partial charge on any atom is 0.252 e. The van der Waals surface area contributed by atoms with Crippen molar-refractivity contribution in [3.05, 3.63) is 41.3 Å². The topological polar surface area (TPSA) is 80.0 Å². The highest BCUT2D eigenvalue weighted by atomic mass is 16.3. The van der Waals surface area contributed by atoms with Crippen LogP contribution >= 0.6 is 0 Å². The normalized spacial score (nSPS) is 20.8. The molecule has 2 unspecified atom stereocenters. The van der Waals surface area contributed by atoms with E-state index < -0.39 is 0 Å². The van der Waals surface area contributed by atoms with E-state index in [4.69, 9.17) is 0 Å². The molecule has 0 bridgehead atoms. The molecule has 2 atom stereocenters. The monoisotopic (exact) mass is 328 g/mol. The number of pyridine rings is 1. The van der Waals surface area contributed by atoms with Crippen molar-refractivity contribution in [1.82, 2.24) is 20.1 Å². The van der Waals surface area contributed by atoms with Gasteiger partial charge in [-0.25, -0.2) is 9.67 Å². The van der Waals surface area contributed by atoms with E-state index >= 15 is 0 Å². The zero-order valence-electron chi connectivity index (χ0n) is 14.2. The van der Waals surface area contributed by atoms with E-state index in [1.807, 2.05) is 19.9 Å². The Labute approximate surface area is 141 Å². The van der Waals surface area contributed by atoms with Crippen molar-refractivity contribution in [2.45, 2.75) is 45.6 Å². The van der Waals surface area contributed by atoms with E-state index in [1.54, 1.807) is 23.0 Å². The molecule has 3 rings (SSSR count). The van der Waals surface area contributed by atoms with Crippen LogP contribution in [0.3, 0.4) is 0 Å². The summed E-state index contributed by atoms with van der Waals surface area (Å²) in [5.41, 5.74) is 2.48. The summed E-state index contributed by atoms with van der Waals surface area (Å²) in [4.78, 5) is 16.6. The van der Waals surface area contributed by atoms with Gasteiger partial charge in [0.15, 0.2) is 5.82 Å². The van der Waals surface area contributed by atoms with E-state index in [9.17, 15) is 9.90 Å². The summed E-state index contributed by atoms with van der Waals surface area (Å²) in [6.07, 6.45) is 5.10. The molecule has 0 aromatic carbocycles. The van der Waals surface area contributed by atoms with Crippen molar-refractivity contribution in [3.63, 3.8) is 0 Å². The molecule has 24 heavy (non-hydrogen) atoms. The molecule has 128 valence electrons. The lowest BCUT2D eigenvalue weighted by molar-refractivity contribution is 0.0873. The summed E-state index contributed by atoms with van der Waals surface area (Å²) < 4.78 is 1.76. The van der Waals surface area contributed by atoms with Crippen LogP contribution in [0, 0.1) is 19.8 Å². The van der Waals surface area contributed by atoms with E-state index in [2.05, 4.69) is 15.4 Å². The summed E-state index contributed by atoms with van der Waals surface area (Å²) in [6, 6.07) is 5.56. The lowest BCUT2D eigenvalue weighted by Crippen LogP contribution is -2.33. The minimum atomic E-state index is -0.220. The molecule has 0 saturated heterocycles. The van der Waals surface area contributed by atoms with Crippen molar-refractivity contribution >= 4 is 5.91 Å². The Hall–Kier alpha value is -2.21. The highest BCUT2D eigenvalue weighted by Crippen LogP contribution is 2.23. The van der Waals surface area contributed by atoms with Gasteiger partial charge in [0.05, 0.1) is 17.4 Å². The first-order valence-corrected chi connectivity index (χ1v) is 8.49. The molecule has 2 aromatic rings. The first-order valence-electron chi connectivity index (χ1n) is 8.49. The van der Waals surface area contributed by atoms with Crippen LogP contribution in [-0.2, 0) is 0 Å². The molecule has 1 fully saturated rings. The standard InChI is InChI=1S/C18H24N4O2/c1-12-8-13(2)22(21-12)17-7-6-15(11-19-17)18(24)20-10-14-4-3-5-16(23)9-14/h6-8,11,14,16,23H,3-5,9-10H2,1-2H3,(H,20,24). The Morgan fingerprint density at radius 1 is 1.38 bits per heavy atom. The highest BCUT2D eigenvalue weighted by Gasteiger charge is 2.20. The third kappa shape index (κ3) is 3.82. The van der Waals surface area contributed by atoms with E-state index in [0.29, 0.717) is 23.8 Å². The Bertz CT molecular complexity index is 708. The molecule has 2 aromatic heterocycles. The Morgan fingerprint density at radius 3 is 2.83 bits per heavy atom. The van der Waals surface area contributed by atoms with Gasteiger partial charge < -0.3 is 10.4 Å². The maximum atomic E-state index is 12.3. The summed E-state index contributed by atoms with van der Waals surface area (Å²) in [7, 11) is 0. The number of rotatable bonds is 4. The van der Waals surface area contributed by atoms with E-state index in [-0.39, 0.29) is 12.0 Å². The SMILES string of the molecule is Cc1cc(C)n(-c2ccc(C(=O)NCC3CCCC(O)C3)cn2)n1. The number of aromatic nitrogens is 3. The number of amides is 1. The number of carbonyl (C=O) groups excluding carboxylic acids is 1. The number of nitrogens with zero attached hydrogens (tertiary/aromatic N) is 3. The van der Waals surface area contributed by atoms with Crippen LogP contribution in [0.5, 0.6) is 0 Å². The van der Waals surface area contributed by atoms with Gasteiger partial charge in [0.25, 0.3) is 5.91 Å². The Balaban J connectivity index is 1.60. The van der Waals surface area contributed by atoms with Crippen LogP contribution in [0.4, 0.5) is 0 Å². The van der Waals surface area contributed by atoms with Crippen LogP contribution in [0.1, 0.15) is 47.4 Å². The van der Waals surface area contributed by atoms with Crippen LogP contribution in [-0.4, -0.2) is 38.4 Å². The van der Waals surface area contributed by atoms with Crippen molar-refractivity contribution in [2.24, 2.45) is 5.92 Å². The molecule has 1 saturated carbocycles. The minimum absolute atomic E-state index is 0.123. The number of nitrogens with one attached hydrogen (secondary N) is 1. The fourth-order valence-corrected chi connectivity index (χ4v) is 3.29. The van der Waals surface area contributed by atoms with Gasteiger partial charge in [0, 0.05) is 18.4 Å². The predicted octanol–water partition coefficient (Wildman–Crippen LogP) is 2.17. The second-order valence-corrected chi connectivity index (χ2v) is 6.64. The molecule has 2 heterocycles. The van der Waals surface area contributed by atoms with Crippen LogP contribution in [0.25, 0.3) is 5.82 Å². The predicted molar refractivity (Wildman–Crippen MR) is 91.1 cm³/mol. The molecule has 1 aliphatic carbocycles. The molecular formula is C18H24N4O2. The number of hydrogen-bond donors (Lipinski definition) is 2.